The molecule has 0 aliphatic heterocycles. The minimum absolute atomic E-state index is 0.314. The fraction of sp³-hybridized carbons (Fsp3) is 0.562. The van der Waals surface area contributed by atoms with Crippen molar-refractivity contribution >= 4 is 28.6 Å². The fourth-order valence-electron chi connectivity index (χ4n) is 1.93. The Morgan fingerprint density at radius 3 is 2.50 bits per heavy atom. The van der Waals surface area contributed by atoms with Gasteiger partial charge in [0.25, 0.3) is 0 Å². The average Bonchev–Trinajstić information content (AvgIpc) is 2.46. The van der Waals surface area contributed by atoms with Gasteiger partial charge in [-0.1, -0.05) is 39.0 Å². The molecule has 20 heavy (non-hydrogen) atoms. The van der Waals surface area contributed by atoms with E-state index in [1.807, 2.05) is 6.07 Å². The molecule has 1 aromatic rings. The Labute approximate surface area is 135 Å². The lowest BCUT2D eigenvalue weighted by Gasteiger charge is -2.09. The van der Waals surface area contributed by atoms with Crippen LogP contribution in [0.2, 0.25) is 0 Å². The van der Waals surface area contributed by atoms with Gasteiger partial charge >= 0.3 is 5.97 Å². The summed E-state index contributed by atoms with van der Waals surface area (Å²) in [5.41, 5.74) is 0.559. The van der Waals surface area contributed by atoms with Gasteiger partial charge in [-0.3, -0.25) is 0 Å². The maximum absolute atomic E-state index is 11.4. The minimum Gasteiger partial charge on any atom is -0.492 e. The highest BCUT2D eigenvalue weighted by molar-refractivity contribution is 14.1. The molecule has 0 saturated carbocycles. The van der Waals surface area contributed by atoms with Crippen molar-refractivity contribution in [3.05, 3.63) is 27.3 Å². The summed E-state index contributed by atoms with van der Waals surface area (Å²) in [6.07, 6.45) is 7.52. The van der Waals surface area contributed by atoms with Gasteiger partial charge in [0.1, 0.15) is 5.75 Å². The molecular weight excluding hydrogens is 367 g/mol. The van der Waals surface area contributed by atoms with E-state index < -0.39 is 0 Å². The largest absolute Gasteiger partial charge is 0.492 e. The topological polar surface area (TPSA) is 35.5 Å². The number of benzene rings is 1. The minimum atomic E-state index is -0.314. The highest BCUT2D eigenvalue weighted by Gasteiger charge is 2.08. The van der Waals surface area contributed by atoms with Gasteiger partial charge in [0.2, 0.25) is 0 Å². The molecular formula is C16H23IO3. The fourth-order valence-corrected chi connectivity index (χ4v) is 2.60. The molecule has 0 aliphatic carbocycles. The van der Waals surface area contributed by atoms with Gasteiger partial charge in [0.15, 0.2) is 0 Å². The third-order valence-electron chi connectivity index (χ3n) is 3.11. The number of hydrogen-bond acceptors (Lipinski definition) is 3. The van der Waals surface area contributed by atoms with Crippen molar-refractivity contribution in [3.8, 4) is 5.75 Å². The molecule has 4 heteroatoms. The van der Waals surface area contributed by atoms with Crippen molar-refractivity contribution < 1.29 is 14.3 Å². The van der Waals surface area contributed by atoms with Gasteiger partial charge in [-0.2, -0.15) is 0 Å². The Bertz CT molecular complexity index is 418. The van der Waals surface area contributed by atoms with E-state index in [9.17, 15) is 4.79 Å². The number of esters is 1. The number of unbranched alkanes of at least 4 members (excludes halogenated alkanes) is 5. The van der Waals surface area contributed by atoms with Crippen molar-refractivity contribution in [1.82, 2.24) is 0 Å². The Morgan fingerprint density at radius 1 is 1.15 bits per heavy atom. The number of rotatable bonds is 9. The molecule has 0 aromatic heterocycles. The molecule has 0 fully saturated rings. The summed E-state index contributed by atoms with van der Waals surface area (Å²) >= 11 is 2.18. The zero-order valence-electron chi connectivity index (χ0n) is 12.3. The maximum atomic E-state index is 11.4. The molecule has 0 spiro atoms. The van der Waals surface area contributed by atoms with Crippen LogP contribution in [0.4, 0.5) is 0 Å². The van der Waals surface area contributed by atoms with Crippen molar-refractivity contribution in [1.29, 1.82) is 0 Å². The Balaban J connectivity index is 2.32. The Morgan fingerprint density at radius 2 is 1.85 bits per heavy atom. The first-order valence-corrected chi connectivity index (χ1v) is 8.27. The molecule has 3 nitrogen and oxygen atoms in total. The lowest BCUT2D eigenvalue weighted by atomic mass is 10.1. The van der Waals surface area contributed by atoms with Crippen LogP contribution in [0.1, 0.15) is 55.8 Å². The SMILES string of the molecule is CCCCCCCCOc1ccc(C(=O)OC)cc1I. The van der Waals surface area contributed by atoms with Crippen LogP contribution in [0.15, 0.2) is 18.2 Å². The summed E-state index contributed by atoms with van der Waals surface area (Å²) in [5, 5.41) is 0. The standard InChI is InChI=1S/C16H23IO3/c1-3-4-5-6-7-8-11-20-15-10-9-13(12-14(15)17)16(18)19-2/h9-10,12H,3-8,11H2,1-2H3. The highest BCUT2D eigenvalue weighted by atomic mass is 127. The van der Waals surface area contributed by atoms with Crippen molar-refractivity contribution in [2.45, 2.75) is 45.4 Å². The van der Waals surface area contributed by atoms with E-state index in [4.69, 9.17) is 9.47 Å². The van der Waals surface area contributed by atoms with Gasteiger partial charge in [0, 0.05) is 0 Å². The molecule has 0 bridgehead atoms. The molecule has 0 radical (unpaired) electrons. The van der Waals surface area contributed by atoms with Crippen LogP contribution in [0.5, 0.6) is 5.75 Å². The van der Waals surface area contributed by atoms with E-state index in [0.717, 1.165) is 22.3 Å². The summed E-state index contributed by atoms with van der Waals surface area (Å²) in [4.78, 5) is 11.4. The average molecular weight is 390 g/mol. The van der Waals surface area contributed by atoms with E-state index >= 15 is 0 Å². The third kappa shape index (κ3) is 6.11. The predicted molar refractivity (Wildman–Crippen MR) is 89.4 cm³/mol. The number of carbonyl (C=O) groups is 1. The molecule has 1 rings (SSSR count). The zero-order valence-corrected chi connectivity index (χ0v) is 14.4. The predicted octanol–water partition coefficient (Wildman–Crippen LogP) is 4.82. The summed E-state index contributed by atoms with van der Waals surface area (Å²) in [6, 6.07) is 5.37. The first kappa shape index (κ1) is 17.3. The molecule has 112 valence electrons. The van der Waals surface area contributed by atoms with Crippen molar-refractivity contribution in [2.75, 3.05) is 13.7 Å². The first-order valence-electron chi connectivity index (χ1n) is 7.19. The Hall–Kier alpha value is -0.780. The smallest absolute Gasteiger partial charge is 0.337 e. The lowest BCUT2D eigenvalue weighted by Crippen LogP contribution is -2.03. The van der Waals surface area contributed by atoms with Crippen LogP contribution in [-0.4, -0.2) is 19.7 Å². The first-order chi connectivity index (χ1) is 9.69. The Kier molecular flexibility index (Phi) is 8.65. The van der Waals surface area contributed by atoms with Crippen LogP contribution in [-0.2, 0) is 4.74 Å². The monoisotopic (exact) mass is 390 g/mol. The van der Waals surface area contributed by atoms with Gasteiger partial charge < -0.3 is 9.47 Å². The molecule has 0 saturated heterocycles. The second-order valence-electron chi connectivity index (χ2n) is 4.75. The molecule has 0 unspecified atom stereocenters. The molecule has 0 atom stereocenters. The van der Waals surface area contributed by atoms with Crippen LogP contribution >= 0.6 is 22.6 Å². The van der Waals surface area contributed by atoms with Gasteiger partial charge in [-0.15, -0.1) is 0 Å². The molecule has 0 aliphatic rings. The van der Waals surface area contributed by atoms with Crippen LogP contribution in [0.3, 0.4) is 0 Å². The normalized spacial score (nSPS) is 10.3. The van der Waals surface area contributed by atoms with Crippen LogP contribution in [0.25, 0.3) is 0 Å². The maximum Gasteiger partial charge on any atom is 0.337 e. The van der Waals surface area contributed by atoms with E-state index in [0.29, 0.717) is 5.56 Å². The van der Waals surface area contributed by atoms with Gasteiger partial charge in [-0.25, -0.2) is 4.79 Å². The second-order valence-corrected chi connectivity index (χ2v) is 5.92. The quantitative estimate of drug-likeness (QED) is 0.345. The number of halogens is 1. The second kappa shape index (κ2) is 10.0. The van der Waals surface area contributed by atoms with E-state index in [1.54, 1.807) is 12.1 Å². The zero-order chi connectivity index (χ0) is 14.8. The molecule has 1 aromatic carbocycles. The van der Waals surface area contributed by atoms with Crippen molar-refractivity contribution in [3.63, 3.8) is 0 Å². The van der Waals surface area contributed by atoms with Gasteiger partial charge in [0.05, 0.1) is 22.9 Å². The van der Waals surface area contributed by atoms with Crippen LogP contribution in [0, 0.1) is 3.57 Å². The number of hydrogen-bond donors (Lipinski definition) is 0. The number of methoxy groups -OCH3 is 1. The van der Waals surface area contributed by atoms with E-state index in [2.05, 4.69) is 29.5 Å². The third-order valence-corrected chi connectivity index (χ3v) is 3.95. The van der Waals surface area contributed by atoms with E-state index in [1.165, 1.54) is 39.2 Å². The lowest BCUT2D eigenvalue weighted by molar-refractivity contribution is 0.0600. The van der Waals surface area contributed by atoms with Crippen molar-refractivity contribution in [2.24, 2.45) is 0 Å². The van der Waals surface area contributed by atoms with Gasteiger partial charge in [-0.05, 0) is 47.2 Å². The summed E-state index contributed by atoms with van der Waals surface area (Å²) in [6.45, 7) is 2.96. The van der Waals surface area contributed by atoms with Crippen LogP contribution < -0.4 is 4.74 Å². The van der Waals surface area contributed by atoms with E-state index in [-0.39, 0.29) is 5.97 Å². The number of carbonyl (C=O) groups excluding carboxylic acids is 1. The summed E-state index contributed by atoms with van der Waals surface area (Å²) in [5.74, 6) is 0.525. The molecule has 0 amide bonds. The molecule has 0 heterocycles. The highest BCUT2D eigenvalue weighted by Crippen LogP contribution is 2.23. The molecule has 0 N–H and O–H groups in total. The summed E-state index contributed by atoms with van der Waals surface area (Å²) < 4.78 is 11.4. The summed E-state index contributed by atoms with van der Waals surface area (Å²) in [7, 11) is 1.39. The number of ether oxygens (including phenoxy) is 2.